The summed E-state index contributed by atoms with van der Waals surface area (Å²) in [4.78, 5) is 43.1. The van der Waals surface area contributed by atoms with Crippen LogP contribution in [-0.4, -0.2) is 53.4 Å². The third-order valence-corrected chi connectivity index (χ3v) is 4.56. The summed E-state index contributed by atoms with van der Waals surface area (Å²) < 4.78 is 10.7. The summed E-state index contributed by atoms with van der Waals surface area (Å²) in [5, 5.41) is 3.35. The van der Waals surface area contributed by atoms with E-state index in [1.165, 1.54) is 11.2 Å². The smallest absolute Gasteiger partial charge is 0.339 e. The molecule has 8 heteroatoms. The van der Waals surface area contributed by atoms with Crippen molar-refractivity contribution in [1.82, 2.24) is 15.2 Å². The Hall–Kier alpha value is -3.68. The van der Waals surface area contributed by atoms with Crippen LogP contribution in [0.4, 0.5) is 0 Å². The summed E-state index contributed by atoms with van der Waals surface area (Å²) in [6.45, 7) is 5.21. The molecular formula is C23H25N3O5. The number of carbonyl (C=O) groups excluding carboxylic acids is 3. The second-order valence-corrected chi connectivity index (χ2v) is 7.26. The first-order valence-corrected chi connectivity index (χ1v) is 10.1. The summed E-state index contributed by atoms with van der Waals surface area (Å²) in [5.74, 6) is -0.842. The summed E-state index contributed by atoms with van der Waals surface area (Å²) in [5.41, 5.74) is 1.38. The number of furan rings is 1. The zero-order valence-corrected chi connectivity index (χ0v) is 17.8. The van der Waals surface area contributed by atoms with Gasteiger partial charge in [0.2, 0.25) is 5.91 Å². The molecule has 1 aromatic carbocycles. The van der Waals surface area contributed by atoms with Crippen molar-refractivity contribution in [3.8, 4) is 11.5 Å². The number of aromatic nitrogens is 1. The van der Waals surface area contributed by atoms with Crippen LogP contribution in [-0.2, 0) is 14.3 Å². The average molecular weight is 423 g/mol. The maximum atomic E-state index is 12.8. The van der Waals surface area contributed by atoms with E-state index in [2.05, 4.69) is 10.3 Å². The average Bonchev–Trinajstić information content (AvgIpc) is 3.29. The molecule has 3 rings (SSSR count). The Labute approximate surface area is 180 Å². The van der Waals surface area contributed by atoms with Crippen LogP contribution in [0.1, 0.15) is 31.1 Å². The third kappa shape index (κ3) is 5.48. The molecule has 0 aliphatic rings. The fraction of sp³-hybridized carbons (Fsp3) is 0.304. The molecule has 0 spiro atoms. The molecule has 1 N–H and O–H groups in total. The van der Waals surface area contributed by atoms with Gasteiger partial charge in [-0.1, -0.05) is 18.2 Å². The number of benzene rings is 1. The zero-order chi connectivity index (χ0) is 22.4. The van der Waals surface area contributed by atoms with Crippen molar-refractivity contribution in [2.45, 2.75) is 26.8 Å². The molecule has 0 aliphatic carbocycles. The Morgan fingerprint density at radius 3 is 2.61 bits per heavy atom. The molecule has 0 unspecified atom stereocenters. The molecule has 0 saturated carbocycles. The van der Waals surface area contributed by atoms with E-state index in [0.717, 1.165) is 0 Å². The Balaban J connectivity index is 1.75. The number of nitrogens with zero attached hydrogens (tertiary/aromatic N) is 2. The fourth-order valence-corrected chi connectivity index (χ4v) is 3.11. The molecule has 31 heavy (non-hydrogen) atoms. The normalized spacial score (nSPS) is 10.8. The van der Waals surface area contributed by atoms with Gasteiger partial charge in [0.1, 0.15) is 5.69 Å². The molecular weight excluding hydrogens is 398 g/mol. The highest BCUT2D eigenvalue weighted by atomic mass is 16.5. The van der Waals surface area contributed by atoms with Crippen molar-refractivity contribution in [2.75, 3.05) is 19.7 Å². The lowest BCUT2D eigenvalue weighted by molar-refractivity contribution is -0.138. The minimum atomic E-state index is -0.651. The standard InChI is InChI=1S/C23H25N3O5/c1-4-26(13-21(27)24-15(2)3)22(28)14-31-23(29)17-12-19(20-10-7-11-30-20)25-18-9-6-5-8-16(17)18/h5-12,15H,4,13-14H2,1-3H3,(H,24,27). The number of carbonyl (C=O) groups is 3. The lowest BCUT2D eigenvalue weighted by Crippen LogP contribution is -2.44. The first-order valence-electron chi connectivity index (χ1n) is 10.1. The van der Waals surface area contributed by atoms with Gasteiger partial charge in [0, 0.05) is 18.0 Å². The molecule has 8 nitrogen and oxygen atoms in total. The second-order valence-electron chi connectivity index (χ2n) is 7.26. The van der Waals surface area contributed by atoms with E-state index in [9.17, 15) is 14.4 Å². The molecule has 2 aromatic heterocycles. The van der Waals surface area contributed by atoms with Gasteiger partial charge in [0.25, 0.3) is 5.91 Å². The van der Waals surface area contributed by atoms with Crippen molar-refractivity contribution in [2.24, 2.45) is 0 Å². The lowest BCUT2D eigenvalue weighted by atomic mass is 10.1. The largest absolute Gasteiger partial charge is 0.463 e. The van der Waals surface area contributed by atoms with Crippen LogP contribution in [0.3, 0.4) is 0 Å². The number of likely N-dealkylation sites (N-methyl/N-ethyl adjacent to an activating group) is 1. The molecule has 0 saturated heterocycles. The number of pyridine rings is 1. The lowest BCUT2D eigenvalue weighted by Gasteiger charge is -2.21. The van der Waals surface area contributed by atoms with Gasteiger partial charge in [-0.15, -0.1) is 0 Å². The van der Waals surface area contributed by atoms with Crippen molar-refractivity contribution < 1.29 is 23.5 Å². The van der Waals surface area contributed by atoms with E-state index < -0.39 is 18.5 Å². The summed E-state index contributed by atoms with van der Waals surface area (Å²) >= 11 is 0. The molecule has 162 valence electrons. The molecule has 2 heterocycles. The van der Waals surface area contributed by atoms with E-state index in [4.69, 9.17) is 9.15 Å². The second kappa shape index (κ2) is 9.88. The van der Waals surface area contributed by atoms with Gasteiger partial charge in [0.05, 0.1) is 23.9 Å². The van der Waals surface area contributed by atoms with E-state index in [0.29, 0.717) is 28.9 Å². The number of rotatable bonds is 8. The maximum Gasteiger partial charge on any atom is 0.339 e. The van der Waals surface area contributed by atoms with E-state index >= 15 is 0 Å². The Bertz CT molecular complexity index is 1080. The molecule has 0 bridgehead atoms. The molecule has 0 radical (unpaired) electrons. The molecule has 0 fully saturated rings. The van der Waals surface area contributed by atoms with E-state index in [1.54, 1.807) is 43.3 Å². The number of amides is 2. The highest BCUT2D eigenvalue weighted by Crippen LogP contribution is 2.25. The number of para-hydroxylation sites is 1. The summed E-state index contributed by atoms with van der Waals surface area (Å²) in [7, 11) is 0. The Morgan fingerprint density at radius 1 is 1.16 bits per heavy atom. The maximum absolute atomic E-state index is 12.8. The van der Waals surface area contributed by atoms with Gasteiger partial charge in [-0.25, -0.2) is 9.78 Å². The number of ether oxygens (including phenoxy) is 1. The van der Waals surface area contributed by atoms with Gasteiger partial charge in [-0.2, -0.15) is 0 Å². The molecule has 3 aromatic rings. The SMILES string of the molecule is CCN(CC(=O)NC(C)C)C(=O)COC(=O)c1cc(-c2ccco2)nc2ccccc12. The van der Waals surface area contributed by atoms with Crippen LogP contribution in [0.5, 0.6) is 0 Å². The topological polar surface area (TPSA) is 102 Å². The first kappa shape index (κ1) is 22.0. The number of hydrogen-bond donors (Lipinski definition) is 1. The number of hydrogen-bond acceptors (Lipinski definition) is 6. The van der Waals surface area contributed by atoms with Crippen LogP contribution in [0.25, 0.3) is 22.4 Å². The third-order valence-electron chi connectivity index (χ3n) is 4.56. The zero-order valence-electron chi connectivity index (χ0n) is 17.8. The number of esters is 1. The van der Waals surface area contributed by atoms with Gasteiger partial charge < -0.3 is 19.4 Å². The summed E-state index contributed by atoms with van der Waals surface area (Å²) in [6.07, 6.45) is 1.53. The first-order chi connectivity index (χ1) is 14.9. The van der Waals surface area contributed by atoms with Crippen LogP contribution >= 0.6 is 0 Å². The van der Waals surface area contributed by atoms with Crippen LogP contribution < -0.4 is 5.32 Å². The Morgan fingerprint density at radius 2 is 1.94 bits per heavy atom. The predicted molar refractivity (Wildman–Crippen MR) is 115 cm³/mol. The predicted octanol–water partition coefficient (Wildman–Crippen LogP) is 3.02. The quantitative estimate of drug-likeness (QED) is 0.559. The van der Waals surface area contributed by atoms with Gasteiger partial charge >= 0.3 is 5.97 Å². The van der Waals surface area contributed by atoms with Crippen molar-refractivity contribution in [3.05, 3.63) is 54.3 Å². The number of nitrogens with one attached hydrogen (secondary N) is 1. The molecule has 2 amide bonds. The minimum Gasteiger partial charge on any atom is -0.463 e. The van der Waals surface area contributed by atoms with Crippen LogP contribution in [0, 0.1) is 0 Å². The van der Waals surface area contributed by atoms with E-state index in [1.807, 2.05) is 19.9 Å². The minimum absolute atomic E-state index is 0.0255. The van der Waals surface area contributed by atoms with Crippen molar-refractivity contribution in [1.29, 1.82) is 0 Å². The van der Waals surface area contributed by atoms with Crippen molar-refractivity contribution in [3.63, 3.8) is 0 Å². The van der Waals surface area contributed by atoms with Gasteiger partial charge in [-0.3, -0.25) is 9.59 Å². The van der Waals surface area contributed by atoms with E-state index in [-0.39, 0.29) is 24.1 Å². The summed E-state index contributed by atoms with van der Waals surface area (Å²) in [6, 6.07) is 12.2. The highest BCUT2D eigenvalue weighted by Gasteiger charge is 2.20. The van der Waals surface area contributed by atoms with Crippen molar-refractivity contribution >= 4 is 28.7 Å². The van der Waals surface area contributed by atoms with Gasteiger partial charge in [0.15, 0.2) is 12.4 Å². The van der Waals surface area contributed by atoms with Crippen LogP contribution in [0.2, 0.25) is 0 Å². The highest BCUT2D eigenvalue weighted by molar-refractivity contribution is 6.05. The Kier molecular flexibility index (Phi) is 7.02. The number of fused-ring (bicyclic) bond motifs is 1. The van der Waals surface area contributed by atoms with Gasteiger partial charge in [-0.05, 0) is 45.0 Å². The molecule has 0 atom stereocenters. The fourth-order valence-electron chi connectivity index (χ4n) is 3.11. The molecule has 0 aliphatic heterocycles. The van der Waals surface area contributed by atoms with Crippen LogP contribution in [0.15, 0.2) is 53.1 Å². The monoisotopic (exact) mass is 423 g/mol.